The summed E-state index contributed by atoms with van der Waals surface area (Å²) in [6.45, 7) is 2.71. The average molecular weight is 475 g/mol. The van der Waals surface area contributed by atoms with Crippen molar-refractivity contribution in [2.75, 3.05) is 16.8 Å². The molecule has 3 aromatic rings. The maximum atomic E-state index is 12.8. The van der Waals surface area contributed by atoms with Gasteiger partial charge >= 0.3 is 6.18 Å². The quantitative estimate of drug-likeness (QED) is 0.488. The first-order valence-corrected chi connectivity index (χ1v) is 11.2. The topological polar surface area (TPSA) is 74.3 Å². The highest BCUT2D eigenvalue weighted by molar-refractivity contribution is 7.11. The summed E-state index contributed by atoms with van der Waals surface area (Å²) in [4.78, 5) is 31.2. The van der Waals surface area contributed by atoms with Crippen LogP contribution in [0.5, 0.6) is 0 Å². The lowest BCUT2D eigenvalue weighted by molar-refractivity contribution is -0.137. The normalized spacial score (nSPS) is 13.1. The van der Waals surface area contributed by atoms with Crippen molar-refractivity contribution in [3.63, 3.8) is 0 Å². The fraction of sp³-hybridized carbons (Fsp3) is 0.261. The number of para-hydroxylation sites is 1. The Morgan fingerprint density at radius 2 is 1.97 bits per heavy atom. The summed E-state index contributed by atoms with van der Waals surface area (Å²) >= 11 is 0.489. The fourth-order valence-electron chi connectivity index (χ4n) is 3.58. The van der Waals surface area contributed by atoms with E-state index in [0.29, 0.717) is 34.0 Å². The summed E-state index contributed by atoms with van der Waals surface area (Å²) in [5.74, 6) is -0.733. The van der Waals surface area contributed by atoms with Crippen molar-refractivity contribution in [1.82, 2.24) is 10.3 Å². The molecule has 0 saturated carbocycles. The molecule has 0 atom stereocenters. The second-order valence-corrected chi connectivity index (χ2v) is 8.64. The number of carbonyl (C=O) groups excluding carboxylic acids is 2. The summed E-state index contributed by atoms with van der Waals surface area (Å²) in [6, 6.07) is 12.3. The number of fused-ring (bicyclic) bond motifs is 2. The number of alkyl halides is 3. The van der Waals surface area contributed by atoms with Crippen LogP contribution in [0.4, 0.5) is 30.2 Å². The van der Waals surface area contributed by atoms with Crippen molar-refractivity contribution in [1.29, 1.82) is 0 Å². The summed E-state index contributed by atoms with van der Waals surface area (Å²) in [5, 5.41) is 4.54. The van der Waals surface area contributed by atoms with Crippen LogP contribution >= 0.6 is 11.3 Å². The molecular weight excluding hydrogens is 453 g/mol. The Bertz CT molecular complexity index is 1190. The predicted molar refractivity (Wildman–Crippen MR) is 121 cm³/mol. The number of hydrogen-bond acceptors (Lipinski definition) is 5. The van der Waals surface area contributed by atoms with Gasteiger partial charge in [-0.2, -0.15) is 13.2 Å². The largest absolute Gasteiger partial charge is 0.443 e. The highest BCUT2D eigenvalue weighted by Gasteiger charge is 2.34. The fourth-order valence-corrected chi connectivity index (χ4v) is 4.30. The molecule has 2 amide bonds. The standard InChI is InChI=1S/C23H21F3N4O2S/c1-2-3-10-30-18-7-5-4-6-16(18)21(32)29-17-11-14(8-9-19(17)30)20(31)27-12-15-13-28-22(33-15)23(24,25)26/h4-9,11,13H,2-3,10,12H2,1H3,(H,27,31)(H,29,32). The molecule has 10 heteroatoms. The van der Waals surface area contributed by atoms with Crippen molar-refractivity contribution in [3.05, 3.63) is 69.7 Å². The predicted octanol–water partition coefficient (Wildman–Crippen LogP) is 5.60. The number of thiazole rings is 1. The lowest BCUT2D eigenvalue weighted by Gasteiger charge is -2.26. The van der Waals surface area contributed by atoms with E-state index in [1.54, 1.807) is 30.3 Å². The second-order valence-electron chi connectivity index (χ2n) is 7.52. The van der Waals surface area contributed by atoms with Crippen LogP contribution in [0.1, 0.15) is 50.4 Å². The molecule has 1 aliphatic rings. The zero-order chi connectivity index (χ0) is 23.6. The number of halogens is 3. The molecule has 172 valence electrons. The number of hydrogen-bond donors (Lipinski definition) is 2. The van der Waals surface area contributed by atoms with Gasteiger partial charge in [0, 0.05) is 23.2 Å². The molecule has 0 saturated heterocycles. The number of rotatable bonds is 6. The molecule has 0 bridgehead atoms. The van der Waals surface area contributed by atoms with Gasteiger partial charge in [0.05, 0.1) is 29.2 Å². The number of amides is 2. The lowest BCUT2D eigenvalue weighted by atomic mass is 10.1. The van der Waals surface area contributed by atoms with Gasteiger partial charge in [0.2, 0.25) is 0 Å². The van der Waals surface area contributed by atoms with Crippen molar-refractivity contribution in [2.24, 2.45) is 0 Å². The summed E-state index contributed by atoms with van der Waals surface area (Å²) < 4.78 is 38.2. The van der Waals surface area contributed by atoms with Gasteiger partial charge in [-0.3, -0.25) is 9.59 Å². The molecule has 6 nitrogen and oxygen atoms in total. The summed E-state index contributed by atoms with van der Waals surface area (Å²) in [7, 11) is 0. The minimum atomic E-state index is -4.51. The Kier molecular flexibility index (Phi) is 6.37. The van der Waals surface area contributed by atoms with E-state index in [9.17, 15) is 22.8 Å². The number of nitrogens with zero attached hydrogens (tertiary/aromatic N) is 2. The maximum absolute atomic E-state index is 12.8. The first-order valence-electron chi connectivity index (χ1n) is 10.4. The van der Waals surface area contributed by atoms with E-state index in [-0.39, 0.29) is 18.0 Å². The molecule has 0 unspecified atom stereocenters. The van der Waals surface area contributed by atoms with Crippen LogP contribution in [0.25, 0.3) is 0 Å². The van der Waals surface area contributed by atoms with Crippen LogP contribution in [0.3, 0.4) is 0 Å². The van der Waals surface area contributed by atoms with Crippen molar-refractivity contribution < 1.29 is 22.8 Å². The third-order valence-electron chi connectivity index (χ3n) is 5.19. The van der Waals surface area contributed by atoms with Gasteiger partial charge in [0.15, 0.2) is 5.01 Å². The number of carbonyl (C=O) groups is 2. The molecule has 0 aliphatic carbocycles. The lowest BCUT2D eigenvalue weighted by Crippen LogP contribution is -2.23. The first-order chi connectivity index (χ1) is 15.8. The highest BCUT2D eigenvalue weighted by Crippen LogP contribution is 2.38. The summed E-state index contributed by atoms with van der Waals surface area (Å²) in [6.07, 6.45) is -1.51. The molecule has 4 rings (SSSR count). The van der Waals surface area contributed by atoms with E-state index in [4.69, 9.17) is 0 Å². The number of anilines is 3. The molecule has 0 spiro atoms. The Hall–Kier alpha value is -3.40. The number of aromatic nitrogens is 1. The van der Waals surface area contributed by atoms with Crippen LogP contribution in [0.2, 0.25) is 0 Å². The van der Waals surface area contributed by atoms with Gasteiger partial charge in [0.1, 0.15) is 0 Å². The molecule has 2 heterocycles. The van der Waals surface area contributed by atoms with Crippen LogP contribution in [0, 0.1) is 0 Å². The third kappa shape index (κ3) is 4.85. The Balaban J connectivity index is 1.57. The average Bonchev–Trinajstić information content (AvgIpc) is 3.24. The van der Waals surface area contributed by atoms with Crippen LogP contribution in [0.15, 0.2) is 48.7 Å². The van der Waals surface area contributed by atoms with Crippen LogP contribution in [-0.2, 0) is 12.7 Å². The third-order valence-corrected chi connectivity index (χ3v) is 6.23. The number of nitrogens with one attached hydrogen (secondary N) is 2. The van der Waals surface area contributed by atoms with Gasteiger partial charge in [-0.05, 0) is 36.8 Å². The van der Waals surface area contributed by atoms with Crippen molar-refractivity contribution >= 4 is 40.2 Å². The van der Waals surface area contributed by atoms with Crippen molar-refractivity contribution in [3.8, 4) is 0 Å². The molecular formula is C23H21F3N4O2S. The number of benzene rings is 2. The Morgan fingerprint density at radius 3 is 2.70 bits per heavy atom. The maximum Gasteiger partial charge on any atom is 0.443 e. The van der Waals surface area contributed by atoms with Crippen LogP contribution in [-0.4, -0.2) is 23.3 Å². The SMILES string of the molecule is CCCCN1c2ccc(C(=O)NCc3cnc(C(F)(F)F)s3)cc2NC(=O)c2ccccc21. The van der Waals surface area contributed by atoms with Crippen molar-refractivity contribution in [2.45, 2.75) is 32.5 Å². The molecule has 1 aromatic heterocycles. The van der Waals surface area contributed by atoms with Gasteiger partial charge in [-0.15, -0.1) is 11.3 Å². The summed E-state index contributed by atoms with van der Waals surface area (Å²) in [5.41, 5.74) is 2.90. The second kappa shape index (κ2) is 9.22. The van der Waals surface area contributed by atoms with E-state index < -0.39 is 17.1 Å². The zero-order valence-electron chi connectivity index (χ0n) is 17.7. The van der Waals surface area contributed by atoms with E-state index in [0.717, 1.165) is 30.4 Å². The minimum Gasteiger partial charge on any atom is -0.347 e. The first kappa shape index (κ1) is 22.8. The molecule has 0 fully saturated rings. The Morgan fingerprint density at radius 1 is 1.18 bits per heavy atom. The highest BCUT2D eigenvalue weighted by atomic mass is 32.1. The monoisotopic (exact) mass is 474 g/mol. The van der Waals surface area contributed by atoms with E-state index in [1.807, 2.05) is 12.1 Å². The van der Waals surface area contributed by atoms with Gasteiger partial charge in [-0.25, -0.2) is 4.98 Å². The minimum absolute atomic E-state index is 0.0793. The smallest absolute Gasteiger partial charge is 0.347 e. The van der Waals surface area contributed by atoms with Gasteiger partial charge < -0.3 is 15.5 Å². The molecule has 2 aromatic carbocycles. The Labute approximate surface area is 192 Å². The van der Waals surface area contributed by atoms with E-state index in [1.165, 1.54) is 0 Å². The molecule has 0 radical (unpaired) electrons. The molecule has 1 aliphatic heterocycles. The zero-order valence-corrected chi connectivity index (χ0v) is 18.5. The van der Waals surface area contributed by atoms with E-state index in [2.05, 4.69) is 27.4 Å². The van der Waals surface area contributed by atoms with E-state index >= 15 is 0 Å². The van der Waals surface area contributed by atoms with Gasteiger partial charge in [-0.1, -0.05) is 25.5 Å². The molecule has 33 heavy (non-hydrogen) atoms. The molecule has 2 N–H and O–H groups in total. The van der Waals surface area contributed by atoms with Crippen LogP contribution < -0.4 is 15.5 Å². The number of unbranched alkanes of at least 4 members (excludes halogenated alkanes) is 1. The van der Waals surface area contributed by atoms with Gasteiger partial charge in [0.25, 0.3) is 11.8 Å².